The Balaban J connectivity index is 2.05. The molecule has 0 saturated carbocycles. The van der Waals surface area contributed by atoms with Gasteiger partial charge in [0.15, 0.2) is 0 Å². The van der Waals surface area contributed by atoms with Crippen molar-refractivity contribution in [2.24, 2.45) is 0 Å². The zero-order chi connectivity index (χ0) is 23.1. The second kappa shape index (κ2) is 10.3. The SMILES string of the molecule is CC(C)(C)OC(=O)[C@H](Cc1ccc(OC(C)(C)C)cc1)NC(=O)OCc1ccccc1. The second-order valence-electron chi connectivity index (χ2n) is 9.35. The first kappa shape index (κ1) is 24.3. The van der Waals surface area contributed by atoms with E-state index < -0.39 is 23.7 Å². The second-order valence-corrected chi connectivity index (χ2v) is 9.35. The molecule has 0 aliphatic heterocycles. The molecule has 1 atom stereocenters. The monoisotopic (exact) mass is 427 g/mol. The fourth-order valence-corrected chi connectivity index (χ4v) is 2.76. The zero-order valence-electron chi connectivity index (χ0n) is 19.2. The molecule has 0 radical (unpaired) electrons. The molecule has 2 rings (SSSR count). The van der Waals surface area contributed by atoms with Gasteiger partial charge in [0.2, 0.25) is 0 Å². The lowest BCUT2D eigenvalue weighted by atomic mass is 10.1. The fourth-order valence-electron chi connectivity index (χ4n) is 2.76. The lowest BCUT2D eigenvalue weighted by Gasteiger charge is -2.25. The number of hydrogen-bond donors (Lipinski definition) is 1. The van der Waals surface area contributed by atoms with Gasteiger partial charge in [-0.3, -0.25) is 0 Å². The molecule has 0 aliphatic rings. The van der Waals surface area contributed by atoms with Crippen LogP contribution in [0.4, 0.5) is 4.79 Å². The van der Waals surface area contributed by atoms with Crippen LogP contribution in [-0.2, 0) is 27.3 Å². The quantitative estimate of drug-likeness (QED) is 0.627. The maximum Gasteiger partial charge on any atom is 0.408 e. The van der Waals surface area contributed by atoms with Gasteiger partial charge in [-0.2, -0.15) is 0 Å². The number of carbonyl (C=O) groups is 2. The molecule has 0 aromatic heterocycles. The average molecular weight is 428 g/mol. The molecule has 2 aromatic rings. The Morgan fingerprint density at radius 3 is 2.00 bits per heavy atom. The minimum absolute atomic E-state index is 0.118. The van der Waals surface area contributed by atoms with Crippen molar-refractivity contribution in [3.05, 3.63) is 65.7 Å². The van der Waals surface area contributed by atoms with Crippen LogP contribution in [0.5, 0.6) is 5.75 Å². The van der Waals surface area contributed by atoms with Crippen LogP contribution >= 0.6 is 0 Å². The van der Waals surface area contributed by atoms with Crippen molar-refractivity contribution in [2.75, 3.05) is 0 Å². The van der Waals surface area contributed by atoms with E-state index in [0.29, 0.717) is 0 Å². The number of alkyl carbamates (subject to hydrolysis) is 1. The normalized spacial score (nSPS) is 12.6. The number of carbonyl (C=O) groups excluding carboxylic acids is 2. The van der Waals surface area contributed by atoms with E-state index >= 15 is 0 Å². The van der Waals surface area contributed by atoms with Crippen LogP contribution in [0.3, 0.4) is 0 Å². The summed E-state index contributed by atoms with van der Waals surface area (Å²) < 4.78 is 16.6. The van der Waals surface area contributed by atoms with Crippen LogP contribution in [0.25, 0.3) is 0 Å². The Kier molecular flexibility index (Phi) is 8.08. The van der Waals surface area contributed by atoms with Crippen molar-refractivity contribution >= 4 is 12.1 Å². The van der Waals surface area contributed by atoms with E-state index in [2.05, 4.69) is 5.32 Å². The van der Waals surface area contributed by atoms with Crippen LogP contribution in [0.15, 0.2) is 54.6 Å². The Morgan fingerprint density at radius 1 is 0.839 bits per heavy atom. The van der Waals surface area contributed by atoms with Gasteiger partial charge in [-0.25, -0.2) is 9.59 Å². The third-order valence-corrected chi connectivity index (χ3v) is 3.98. The highest BCUT2D eigenvalue weighted by molar-refractivity contribution is 5.82. The molecule has 1 N–H and O–H groups in total. The van der Waals surface area contributed by atoms with Crippen LogP contribution in [0, 0.1) is 0 Å². The van der Waals surface area contributed by atoms with Gasteiger partial charge >= 0.3 is 12.1 Å². The fraction of sp³-hybridized carbons (Fsp3) is 0.440. The molecule has 0 unspecified atom stereocenters. The van der Waals surface area contributed by atoms with E-state index in [1.165, 1.54) is 0 Å². The van der Waals surface area contributed by atoms with Crippen LogP contribution in [0.2, 0.25) is 0 Å². The van der Waals surface area contributed by atoms with E-state index in [1.807, 2.05) is 75.4 Å². The van der Waals surface area contributed by atoms with Crippen molar-refractivity contribution in [3.8, 4) is 5.75 Å². The molecule has 0 heterocycles. The Hall–Kier alpha value is -3.02. The number of nitrogens with one attached hydrogen (secondary N) is 1. The summed E-state index contributed by atoms with van der Waals surface area (Å²) in [5, 5.41) is 2.64. The molecule has 0 saturated heterocycles. The smallest absolute Gasteiger partial charge is 0.408 e. The lowest BCUT2D eigenvalue weighted by Crippen LogP contribution is -2.45. The van der Waals surface area contributed by atoms with E-state index in [9.17, 15) is 9.59 Å². The molecule has 31 heavy (non-hydrogen) atoms. The summed E-state index contributed by atoms with van der Waals surface area (Å²) in [4.78, 5) is 25.0. The number of esters is 1. The lowest BCUT2D eigenvalue weighted by molar-refractivity contribution is -0.157. The van der Waals surface area contributed by atoms with Gasteiger partial charge in [-0.1, -0.05) is 42.5 Å². The first-order chi connectivity index (χ1) is 14.4. The minimum atomic E-state index is -0.878. The van der Waals surface area contributed by atoms with Crippen LogP contribution in [0.1, 0.15) is 52.7 Å². The molecule has 2 aromatic carbocycles. The summed E-state index contributed by atoms with van der Waals surface area (Å²) in [5.74, 6) is 0.222. The molecule has 0 aliphatic carbocycles. The van der Waals surface area contributed by atoms with Gasteiger partial charge in [0.25, 0.3) is 0 Å². The molecule has 6 heteroatoms. The maximum absolute atomic E-state index is 12.7. The zero-order valence-corrected chi connectivity index (χ0v) is 19.2. The van der Waals surface area contributed by atoms with Crippen molar-refractivity contribution in [1.29, 1.82) is 0 Å². The highest BCUT2D eigenvalue weighted by Gasteiger charge is 2.27. The molecular weight excluding hydrogens is 394 g/mol. The van der Waals surface area contributed by atoms with Gasteiger partial charge in [-0.15, -0.1) is 0 Å². The van der Waals surface area contributed by atoms with Crippen LogP contribution in [-0.4, -0.2) is 29.3 Å². The van der Waals surface area contributed by atoms with E-state index in [0.717, 1.165) is 16.9 Å². The third kappa shape index (κ3) is 9.55. The summed E-state index contributed by atoms with van der Waals surface area (Å²) in [6.07, 6.45) is -0.405. The predicted molar refractivity (Wildman–Crippen MR) is 120 cm³/mol. The number of amides is 1. The topological polar surface area (TPSA) is 73.9 Å². The number of benzene rings is 2. The standard InChI is InChI=1S/C25H33NO5/c1-24(2,3)30-20-14-12-18(13-15-20)16-21(22(27)31-25(4,5)6)26-23(28)29-17-19-10-8-7-9-11-19/h7-15,21H,16-17H2,1-6H3,(H,26,28)/t21-/m0/s1. The number of hydrogen-bond acceptors (Lipinski definition) is 5. The molecule has 0 bridgehead atoms. The summed E-state index contributed by atoms with van der Waals surface area (Å²) in [6.45, 7) is 11.4. The van der Waals surface area contributed by atoms with Gasteiger partial charge in [0.1, 0.15) is 29.6 Å². The summed E-state index contributed by atoms with van der Waals surface area (Å²) in [7, 11) is 0. The highest BCUT2D eigenvalue weighted by atomic mass is 16.6. The first-order valence-electron chi connectivity index (χ1n) is 10.4. The Labute approximate surface area is 184 Å². The van der Waals surface area contributed by atoms with E-state index in [1.54, 1.807) is 20.8 Å². The van der Waals surface area contributed by atoms with Gasteiger partial charge in [0, 0.05) is 6.42 Å². The highest BCUT2D eigenvalue weighted by Crippen LogP contribution is 2.20. The van der Waals surface area contributed by atoms with Crippen LogP contribution < -0.4 is 10.1 Å². The van der Waals surface area contributed by atoms with Crippen molar-refractivity contribution in [3.63, 3.8) is 0 Å². The molecule has 0 fully saturated rings. The van der Waals surface area contributed by atoms with Gasteiger partial charge < -0.3 is 19.5 Å². The molecule has 0 spiro atoms. The molecular formula is C25H33NO5. The van der Waals surface area contributed by atoms with Crippen molar-refractivity contribution in [1.82, 2.24) is 5.32 Å². The van der Waals surface area contributed by atoms with Gasteiger partial charge in [0.05, 0.1) is 0 Å². The minimum Gasteiger partial charge on any atom is -0.488 e. The summed E-state index contributed by atoms with van der Waals surface area (Å²) in [6, 6.07) is 15.9. The van der Waals surface area contributed by atoms with E-state index in [4.69, 9.17) is 14.2 Å². The third-order valence-electron chi connectivity index (χ3n) is 3.98. The Bertz CT molecular complexity index is 848. The summed E-state index contributed by atoms with van der Waals surface area (Å²) in [5.41, 5.74) is 0.751. The number of ether oxygens (including phenoxy) is 3. The van der Waals surface area contributed by atoms with Crippen molar-refractivity contribution in [2.45, 2.75) is 71.8 Å². The Morgan fingerprint density at radius 2 is 1.45 bits per heavy atom. The first-order valence-corrected chi connectivity index (χ1v) is 10.4. The molecule has 6 nitrogen and oxygen atoms in total. The largest absolute Gasteiger partial charge is 0.488 e. The van der Waals surface area contributed by atoms with Gasteiger partial charge in [-0.05, 0) is 64.8 Å². The number of rotatable bonds is 7. The maximum atomic E-state index is 12.7. The molecule has 1 amide bonds. The predicted octanol–water partition coefficient (Wildman–Crippen LogP) is 5.04. The summed E-state index contributed by atoms with van der Waals surface area (Å²) >= 11 is 0. The average Bonchev–Trinajstić information content (AvgIpc) is 2.65. The van der Waals surface area contributed by atoms with E-state index in [-0.39, 0.29) is 18.6 Å². The molecule has 168 valence electrons. The van der Waals surface area contributed by atoms with Crippen molar-refractivity contribution < 1.29 is 23.8 Å².